The van der Waals surface area contributed by atoms with Gasteiger partial charge >= 0.3 is 0 Å². The van der Waals surface area contributed by atoms with Crippen molar-refractivity contribution in [1.29, 1.82) is 0 Å². The number of rotatable bonds is 3. The summed E-state index contributed by atoms with van der Waals surface area (Å²) in [7, 11) is 2.75. The minimum atomic E-state index is -0.797. The van der Waals surface area contributed by atoms with E-state index in [9.17, 15) is 20.1 Å². The highest BCUT2D eigenvalue weighted by atomic mass is 16.5. The Morgan fingerprint density at radius 3 is 2.54 bits per heavy atom. The Hall–Kier alpha value is -3.09. The molecule has 0 radical (unpaired) electrons. The van der Waals surface area contributed by atoms with Gasteiger partial charge in [0.15, 0.2) is 17.3 Å². The standard InChI is InChI=1S/C17H16O7/c1-22-14-7-13-15(16(21)17(14)23-2)11(20)6-12(24-13)9-5-8(18)3-4-10(9)19/h3-5,7,12,18-19,21H,6H2,1-2H3. The van der Waals surface area contributed by atoms with Crippen LogP contribution in [0.3, 0.4) is 0 Å². The summed E-state index contributed by atoms with van der Waals surface area (Å²) >= 11 is 0. The summed E-state index contributed by atoms with van der Waals surface area (Å²) in [5, 5.41) is 29.8. The van der Waals surface area contributed by atoms with Crippen LogP contribution in [0, 0.1) is 0 Å². The predicted octanol–water partition coefficient (Wildman–Crippen LogP) is 2.53. The van der Waals surface area contributed by atoms with Crippen LogP contribution >= 0.6 is 0 Å². The first-order valence-electron chi connectivity index (χ1n) is 7.16. The SMILES string of the molecule is COc1cc2c(c(O)c1OC)C(=O)CC(c1cc(O)ccc1O)O2. The van der Waals surface area contributed by atoms with Crippen molar-refractivity contribution >= 4 is 5.78 Å². The summed E-state index contributed by atoms with van der Waals surface area (Å²) in [6.45, 7) is 0. The summed E-state index contributed by atoms with van der Waals surface area (Å²) < 4.78 is 16.0. The number of benzene rings is 2. The number of fused-ring (bicyclic) bond motifs is 1. The maximum absolute atomic E-state index is 12.5. The van der Waals surface area contributed by atoms with Gasteiger partial charge in [0.05, 0.1) is 20.6 Å². The minimum absolute atomic E-state index is 0.00328. The second-order valence-corrected chi connectivity index (χ2v) is 5.31. The van der Waals surface area contributed by atoms with Crippen LogP contribution in [0.2, 0.25) is 0 Å². The van der Waals surface area contributed by atoms with Crippen molar-refractivity contribution in [3.63, 3.8) is 0 Å². The Balaban J connectivity index is 2.09. The molecule has 7 heteroatoms. The monoisotopic (exact) mass is 332 g/mol. The van der Waals surface area contributed by atoms with E-state index in [0.29, 0.717) is 0 Å². The van der Waals surface area contributed by atoms with Gasteiger partial charge in [0.1, 0.15) is 28.9 Å². The molecular formula is C17H16O7. The van der Waals surface area contributed by atoms with Crippen LogP contribution in [0.5, 0.6) is 34.5 Å². The number of ether oxygens (including phenoxy) is 3. The van der Waals surface area contributed by atoms with Gasteiger partial charge in [-0.15, -0.1) is 0 Å². The van der Waals surface area contributed by atoms with Crippen LogP contribution in [0.4, 0.5) is 0 Å². The molecule has 0 aliphatic carbocycles. The summed E-state index contributed by atoms with van der Waals surface area (Å²) in [6.07, 6.45) is -0.901. The quantitative estimate of drug-likeness (QED) is 0.742. The highest BCUT2D eigenvalue weighted by Gasteiger charge is 2.34. The number of aromatic hydroxyl groups is 3. The summed E-state index contributed by atoms with van der Waals surface area (Å²) in [4.78, 5) is 12.5. The molecule has 1 atom stereocenters. The number of phenols is 3. The lowest BCUT2D eigenvalue weighted by atomic mass is 9.94. The van der Waals surface area contributed by atoms with Crippen LogP contribution in [0.25, 0.3) is 0 Å². The van der Waals surface area contributed by atoms with Gasteiger partial charge in [-0.25, -0.2) is 0 Å². The summed E-state index contributed by atoms with van der Waals surface area (Å²) in [5.41, 5.74) is 0.284. The van der Waals surface area contributed by atoms with Gasteiger partial charge in [-0.05, 0) is 18.2 Å². The molecule has 24 heavy (non-hydrogen) atoms. The van der Waals surface area contributed by atoms with Crippen molar-refractivity contribution in [1.82, 2.24) is 0 Å². The van der Waals surface area contributed by atoms with Crippen molar-refractivity contribution in [2.24, 2.45) is 0 Å². The number of methoxy groups -OCH3 is 2. The van der Waals surface area contributed by atoms with Gasteiger partial charge in [0.2, 0.25) is 5.75 Å². The number of carbonyl (C=O) groups excluding carboxylic acids is 1. The Morgan fingerprint density at radius 2 is 1.88 bits per heavy atom. The van der Waals surface area contributed by atoms with Gasteiger partial charge in [-0.3, -0.25) is 4.79 Å². The molecule has 0 fully saturated rings. The molecule has 2 aromatic carbocycles. The highest BCUT2D eigenvalue weighted by Crippen LogP contribution is 2.49. The molecular weight excluding hydrogens is 316 g/mol. The normalized spacial score (nSPS) is 16.2. The topological polar surface area (TPSA) is 105 Å². The first kappa shape index (κ1) is 15.8. The Morgan fingerprint density at radius 1 is 1.12 bits per heavy atom. The lowest BCUT2D eigenvalue weighted by Gasteiger charge is -2.27. The lowest BCUT2D eigenvalue weighted by Crippen LogP contribution is -2.21. The van der Waals surface area contributed by atoms with E-state index >= 15 is 0 Å². The van der Waals surface area contributed by atoms with Crippen molar-refractivity contribution < 1.29 is 34.3 Å². The number of Topliss-reactive ketones (excluding diaryl/α,β-unsaturated/α-hetero) is 1. The summed E-state index contributed by atoms with van der Waals surface area (Å²) in [6, 6.07) is 5.42. The Bertz CT molecular complexity index is 813. The number of hydrogen-bond acceptors (Lipinski definition) is 7. The molecule has 1 unspecified atom stereocenters. The Labute approximate surface area is 137 Å². The largest absolute Gasteiger partial charge is 0.508 e. The molecule has 3 rings (SSSR count). The van der Waals surface area contributed by atoms with E-state index in [-0.39, 0.29) is 57.8 Å². The molecule has 2 aromatic rings. The fourth-order valence-corrected chi connectivity index (χ4v) is 2.75. The smallest absolute Gasteiger partial charge is 0.204 e. The first-order valence-corrected chi connectivity index (χ1v) is 7.16. The first-order chi connectivity index (χ1) is 11.5. The van der Waals surface area contributed by atoms with E-state index in [1.54, 1.807) is 0 Å². The predicted molar refractivity (Wildman–Crippen MR) is 83.3 cm³/mol. The van der Waals surface area contributed by atoms with Crippen LogP contribution in [0.15, 0.2) is 24.3 Å². The number of carbonyl (C=O) groups is 1. The third kappa shape index (κ3) is 2.44. The van der Waals surface area contributed by atoms with E-state index < -0.39 is 6.10 Å². The average Bonchev–Trinajstić information content (AvgIpc) is 2.56. The van der Waals surface area contributed by atoms with Gasteiger partial charge in [-0.1, -0.05) is 0 Å². The van der Waals surface area contributed by atoms with Crippen molar-refractivity contribution in [2.75, 3.05) is 14.2 Å². The number of phenolic OH excluding ortho intramolecular Hbond substituents is 3. The lowest BCUT2D eigenvalue weighted by molar-refractivity contribution is 0.0840. The van der Waals surface area contributed by atoms with E-state index in [1.807, 2.05) is 0 Å². The van der Waals surface area contributed by atoms with Crippen LogP contribution < -0.4 is 14.2 Å². The van der Waals surface area contributed by atoms with Crippen LogP contribution in [-0.2, 0) is 0 Å². The molecule has 1 heterocycles. The maximum Gasteiger partial charge on any atom is 0.204 e. The van der Waals surface area contributed by atoms with Crippen LogP contribution in [0.1, 0.15) is 28.4 Å². The molecule has 3 N–H and O–H groups in total. The fraction of sp³-hybridized carbons (Fsp3) is 0.235. The average molecular weight is 332 g/mol. The second-order valence-electron chi connectivity index (χ2n) is 5.31. The molecule has 1 aliphatic heterocycles. The number of ketones is 1. The Kier molecular flexibility index (Phi) is 3.84. The van der Waals surface area contributed by atoms with Gasteiger partial charge in [0, 0.05) is 11.6 Å². The molecule has 1 aliphatic rings. The molecule has 0 amide bonds. The van der Waals surface area contributed by atoms with Crippen molar-refractivity contribution in [3.8, 4) is 34.5 Å². The molecule has 0 saturated carbocycles. The minimum Gasteiger partial charge on any atom is -0.508 e. The highest BCUT2D eigenvalue weighted by molar-refractivity contribution is 6.03. The van der Waals surface area contributed by atoms with Crippen LogP contribution in [-0.4, -0.2) is 35.3 Å². The van der Waals surface area contributed by atoms with Crippen molar-refractivity contribution in [2.45, 2.75) is 12.5 Å². The van der Waals surface area contributed by atoms with E-state index in [1.165, 1.54) is 38.5 Å². The molecule has 0 bridgehead atoms. The third-order valence-corrected chi connectivity index (χ3v) is 3.89. The van der Waals surface area contributed by atoms with Crippen molar-refractivity contribution in [3.05, 3.63) is 35.4 Å². The van der Waals surface area contributed by atoms with E-state index in [4.69, 9.17) is 14.2 Å². The number of hydrogen-bond donors (Lipinski definition) is 3. The van der Waals surface area contributed by atoms with Gasteiger partial charge in [-0.2, -0.15) is 0 Å². The van der Waals surface area contributed by atoms with Gasteiger partial charge < -0.3 is 29.5 Å². The molecule has 0 spiro atoms. The van der Waals surface area contributed by atoms with Gasteiger partial charge in [0.25, 0.3) is 0 Å². The second kappa shape index (κ2) is 5.84. The molecule has 126 valence electrons. The van der Waals surface area contributed by atoms with E-state index in [0.717, 1.165) is 0 Å². The maximum atomic E-state index is 12.5. The zero-order chi connectivity index (χ0) is 17.4. The molecule has 0 saturated heterocycles. The molecule has 0 aromatic heterocycles. The third-order valence-electron chi connectivity index (χ3n) is 3.89. The zero-order valence-electron chi connectivity index (χ0n) is 13.1. The zero-order valence-corrected chi connectivity index (χ0v) is 13.1. The fourth-order valence-electron chi connectivity index (χ4n) is 2.75. The summed E-state index contributed by atoms with van der Waals surface area (Å²) in [5.74, 6) is -0.500. The molecule has 7 nitrogen and oxygen atoms in total. The van der Waals surface area contributed by atoms with E-state index in [2.05, 4.69) is 0 Å².